The predicted octanol–water partition coefficient (Wildman–Crippen LogP) is 3.67. The zero-order chi connectivity index (χ0) is 9.94. The molecule has 0 aromatic carbocycles. The van der Waals surface area contributed by atoms with Crippen molar-refractivity contribution in [1.29, 1.82) is 0 Å². The molecule has 78 valence electrons. The molecular weight excluding hydrogens is 160 g/mol. The largest absolute Gasteiger partial charge is 0.389 e. The number of allylic oxidation sites excluding steroid dienone is 1. The normalized spacial score (nSPS) is 13.8. The summed E-state index contributed by atoms with van der Waals surface area (Å²) in [6, 6.07) is 0. The summed E-state index contributed by atoms with van der Waals surface area (Å²) in [6.45, 7) is 4.23. The van der Waals surface area contributed by atoms with E-state index < -0.39 is 0 Å². The standard InChI is InChI=1S/C12H24O/c1-3-5-6-7-8-9-10-11-12(13)4-2/h10-13H,3-9H2,1-2H3/b11-10+/t12-/m0/s1. The van der Waals surface area contributed by atoms with Gasteiger partial charge in [0, 0.05) is 0 Å². The lowest BCUT2D eigenvalue weighted by Crippen LogP contribution is -1.97. The van der Waals surface area contributed by atoms with Gasteiger partial charge in [0.1, 0.15) is 0 Å². The van der Waals surface area contributed by atoms with Crippen molar-refractivity contribution < 1.29 is 5.11 Å². The van der Waals surface area contributed by atoms with Crippen LogP contribution in [0.3, 0.4) is 0 Å². The Morgan fingerprint density at radius 3 is 2.38 bits per heavy atom. The molecule has 0 aliphatic heterocycles. The summed E-state index contributed by atoms with van der Waals surface area (Å²) in [5.74, 6) is 0. The first-order valence-corrected chi connectivity index (χ1v) is 5.66. The van der Waals surface area contributed by atoms with E-state index in [9.17, 15) is 5.11 Å². The number of rotatable bonds is 8. The van der Waals surface area contributed by atoms with Gasteiger partial charge in [-0.3, -0.25) is 0 Å². The van der Waals surface area contributed by atoms with Gasteiger partial charge in [-0.15, -0.1) is 0 Å². The first-order chi connectivity index (χ1) is 6.31. The molecular formula is C12H24O. The molecule has 1 heteroatoms. The van der Waals surface area contributed by atoms with Crippen LogP contribution in [-0.2, 0) is 0 Å². The Balaban J connectivity index is 3.10. The average molecular weight is 184 g/mol. The molecule has 0 radical (unpaired) electrons. The molecule has 0 aromatic rings. The summed E-state index contributed by atoms with van der Waals surface area (Å²) < 4.78 is 0. The van der Waals surface area contributed by atoms with Gasteiger partial charge in [-0.2, -0.15) is 0 Å². The molecule has 0 spiro atoms. The van der Waals surface area contributed by atoms with Gasteiger partial charge >= 0.3 is 0 Å². The van der Waals surface area contributed by atoms with Gasteiger partial charge in [0.15, 0.2) is 0 Å². The average Bonchev–Trinajstić information content (AvgIpc) is 2.16. The van der Waals surface area contributed by atoms with E-state index in [-0.39, 0.29) is 6.10 Å². The van der Waals surface area contributed by atoms with Crippen LogP contribution in [-0.4, -0.2) is 11.2 Å². The Bertz CT molecular complexity index is 118. The summed E-state index contributed by atoms with van der Waals surface area (Å²) in [6.07, 6.45) is 12.4. The molecule has 0 fully saturated rings. The highest BCUT2D eigenvalue weighted by Gasteiger charge is 1.91. The van der Waals surface area contributed by atoms with Crippen molar-refractivity contribution in [2.45, 2.75) is 64.9 Å². The van der Waals surface area contributed by atoms with Crippen LogP contribution in [0.1, 0.15) is 58.8 Å². The highest BCUT2D eigenvalue weighted by Crippen LogP contribution is 2.05. The Kier molecular flexibility index (Phi) is 9.56. The van der Waals surface area contributed by atoms with E-state index in [4.69, 9.17) is 0 Å². The molecule has 0 rings (SSSR count). The maximum absolute atomic E-state index is 9.21. The second-order valence-corrected chi connectivity index (χ2v) is 3.61. The minimum atomic E-state index is -0.226. The molecule has 0 saturated heterocycles. The van der Waals surface area contributed by atoms with Gasteiger partial charge in [0.05, 0.1) is 6.10 Å². The van der Waals surface area contributed by atoms with E-state index in [1.807, 2.05) is 13.0 Å². The van der Waals surface area contributed by atoms with Crippen LogP contribution in [0.25, 0.3) is 0 Å². The fraction of sp³-hybridized carbons (Fsp3) is 0.833. The Labute approximate surface area is 82.9 Å². The van der Waals surface area contributed by atoms with Crippen molar-refractivity contribution in [2.24, 2.45) is 0 Å². The lowest BCUT2D eigenvalue weighted by molar-refractivity contribution is 0.219. The topological polar surface area (TPSA) is 20.2 Å². The molecule has 0 aromatic heterocycles. The molecule has 0 saturated carbocycles. The number of hydrogen-bond acceptors (Lipinski definition) is 1. The lowest BCUT2D eigenvalue weighted by atomic mass is 10.1. The number of aliphatic hydroxyl groups is 1. The summed E-state index contributed by atoms with van der Waals surface area (Å²) in [4.78, 5) is 0. The third-order valence-corrected chi connectivity index (χ3v) is 2.25. The lowest BCUT2D eigenvalue weighted by Gasteiger charge is -1.99. The molecule has 0 heterocycles. The van der Waals surface area contributed by atoms with E-state index >= 15 is 0 Å². The van der Waals surface area contributed by atoms with Crippen LogP contribution in [0.5, 0.6) is 0 Å². The van der Waals surface area contributed by atoms with Gasteiger partial charge in [-0.1, -0.05) is 51.7 Å². The van der Waals surface area contributed by atoms with E-state index in [1.54, 1.807) is 0 Å². The summed E-state index contributed by atoms with van der Waals surface area (Å²) >= 11 is 0. The monoisotopic (exact) mass is 184 g/mol. The van der Waals surface area contributed by atoms with Crippen molar-refractivity contribution in [3.05, 3.63) is 12.2 Å². The molecule has 0 aliphatic rings. The van der Waals surface area contributed by atoms with E-state index in [0.29, 0.717) is 0 Å². The Hall–Kier alpha value is -0.300. The van der Waals surface area contributed by atoms with Crippen LogP contribution in [0.15, 0.2) is 12.2 Å². The van der Waals surface area contributed by atoms with Crippen LogP contribution < -0.4 is 0 Å². The highest BCUT2D eigenvalue weighted by atomic mass is 16.3. The van der Waals surface area contributed by atoms with Crippen LogP contribution >= 0.6 is 0 Å². The predicted molar refractivity (Wildman–Crippen MR) is 58.8 cm³/mol. The first-order valence-electron chi connectivity index (χ1n) is 5.66. The highest BCUT2D eigenvalue weighted by molar-refractivity contribution is 4.87. The van der Waals surface area contributed by atoms with Crippen molar-refractivity contribution in [1.82, 2.24) is 0 Å². The number of aliphatic hydroxyl groups excluding tert-OH is 1. The second kappa shape index (κ2) is 9.79. The van der Waals surface area contributed by atoms with Crippen molar-refractivity contribution in [3.8, 4) is 0 Å². The molecule has 0 amide bonds. The van der Waals surface area contributed by atoms with Crippen molar-refractivity contribution in [3.63, 3.8) is 0 Å². The SMILES string of the molecule is CCCCCCC/C=C/[C@@H](O)CC. The van der Waals surface area contributed by atoms with Gasteiger partial charge in [-0.25, -0.2) is 0 Å². The molecule has 13 heavy (non-hydrogen) atoms. The Morgan fingerprint density at radius 2 is 1.77 bits per heavy atom. The third kappa shape index (κ3) is 9.62. The molecule has 1 nitrogen and oxygen atoms in total. The number of hydrogen-bond donors (Lipinski definition) is 1. The van der Waals surface area contributed by atoms with Crippen LogP contribution in [0.4, 0.5) is 0 Å². The molecule has 0 bridgehead atoms. The van der Waals surface area contributed by atoms with Crippen LogP contribution in [0.2, 0.25) is 0 Å². The fourth-order valence-corrected chi connectivity index (χ4v) is 1.26. The van der Waals surface area contributed by atoms with E-state index in [1.165, 1.54) is 32.1 Å². The second-order valence-electron chi connectivity index (χ2n) is 3.61. The Morgan fingerprint density at radius 1 is 1.08 bits per heavy atom. The summed E-state index contributed by atoms with van der Waals surface area (Å²) in [7, 11) is 0. The zero-order valence-corrected chi connectivity index (χ0v) is 9.13. The third-order valence-electron chi connectivity index (χ3n) is 2.25. The van der Waals surface area contributed by atoms with Crippen molar-refractivity contribution >= 4 is 0 Å². The molecule has 0 aliphatic carbocycles. The zero-order valence-electron chi connectivity index (χ0n) is 9.13. The maximum Gasteiger partial charge on any atom is 0.0718 e. The van der Waals surface area contributed by atoms with Crippen LogP contribution in [0, 0.1) is 0 Å². The smallest absolute Gasteiger partial charge is 0.0718 e. The molecule has 0 unspecified atom stereocenters. The minimum Gasteiger partial charge on any atom is -0.389 e. The van der Waals surface area contributed by atoms with Crippen molar-refractivity contribution in [2.75, 3.05) is 0 Å². The first kappa shape index (κ1) is 12.7. The van der Waals surface area contributed by atoms with Gasteiger partial charge in [0.2, 0.25) is 0 Å². The van der Waals surface area contributed by atoms with Gasteiger partial charge in [-0.05, 0) is 19.3 Å². The van der Waals surface area contributed by atoms with Gasteiger partial charge in [0.25, 0.3) is 0 Å². The van der Waals surface area contributed by atoms with Gasteiger partial charge < -0.3 is 5.11 Å². The fourth-order valence-electron chi connectivity index (χ4n) is 1.26. The summed E-state index contributed by atoms with van der Waals surface area (Å²) in [5, 5.41) is 9.21. The summed E-state index contributed by atoms with van der Waals surface area (Å²) in [5.41, 5.74) is 0. The quantitative estimate of drug-likeness (QED) is 0.451. The van der Waals surface area contributed by atoms with E-state index in [2.05, 4.69) is 13.0 Å². The molecule has 1 atom stereocenters. The molecule has 1 N–H and O–H groups in total. The minimum absolute atomic E-state index is 0.226. The van der Waals surface area contributed by atoms with E-state index in [0.717, 1.165) is 12.8 Å². The maximum atomic E-state index is 9.21. The number of unbranched alkanes of at least 4 members (excludes halogenated alkanes) is 5.